The number of hydrogen-bond donors (Lipinski definition) is 2. The second-order valence-corrected chi connectivity index (χ2v) is 9.78. The molecule has 0 radical (unpaired) electrons. The van der Waals surface area contributed by atoms with Crippen LogP contribution in [-0.4, -0.2) is 42.3 Å². The molecule has 0 bridgehead atoms. The molecule has 0 heterocycles. The van der Waals surface area contributed by atoms with Gasteiger partial charge >= 0.3 is 12.1 Å². The summed E-state index contributed by atoms with van der Waals surface area (Å²) in [5, 5.41) is 3.27. The molecule has 33 heavy (non-hydrogen) atoms. The molecular formula is C24H35ClN2O6. The van der Waals surface area contributed by atoms with Crippen LogP contribution in [-0.2, 0) is 19.1 Å². The van der Waals surface area contributed by atoms with Crippen LogP contribution in [0.4, 0.5) is 4.79 Å². The standard InChI is InChI=1S/C24H35ClN2O6/c1-15(28)32-18-11-8-16(9-12-18)19-6-5-7-20(22(19)25)31-14-17(10-13-21(26)29)27-23(30)33-24(2,3)4/h5-7,16-18H,8-14H2,1-4H3,(H2,26,29)(H,27,30)/t16?,17-,18?/m0/s1. The Balaban J connectivity index is 2.02. The van der Waals surface area contributed by atoms with Gasteiger partial charge in [-0.3, -0.25) is 9.59 Å². The van der Waals surface area contributed by atoms with Gasteiger partial charge in [-0.05, 0) is 70.4 Å². The smallest absolute Gasteiger partial charge is 0.407 e. The van der Waals surface area contributed by atoms with Gasteiger partial charge in [0.15, 0.2) is 0 Å². The molecular weight excluding hydrogens is 448 g/mol. The first-order valence-corrected chi connectivity index (χ1v) is 11.7. The Kier molecular flexibility index (Phi) is 9.83. The molecule has 9 heteroatoms. The number of ether oxygens (including phenoxy) is 3. The number of benzene rings is 1. The summed E-state index contributed by atoms with van der Waals surface area (Å²) >= 11 is 6.67. The van der Waals surface area contributed by atoms with Crippen LogP contribution < -0.4 is 15.8 Å². The summed E-state index contributed by atoms with van der Waals surface area (Å²) < 4.78 is 16.6. The highest BCUT2D eigenvalue weighted by atomic mass is 35.5. The number of amides is 2. The van der Waals surface area contributed by atoms with Gasteiger partial charge in [-0.15, -0.1) is 0 Å². The Morgan fingerprint density at radius 3 is 2.42 bits per heavy atom. The van der Waals surface area contributed by atoms with Crippen molar-refractivity contribution in [1.29, 1.82) is 0 Å². The van der Waals surface area contributed by atoms with Gasteiger partial charge in [0, 0.05) is 13.3 Å². The lowest BCUT2D eigenvalue weighted by Crippen LogP contribution is -2.42. The summed E-state index contributed by atoms with van der Waals surface area (Å²) in [5.74, 6) is 0.0397. The maximum absolute atomic E-state index is 12.2. The van der Waals surface area contributed by atoms with E-state index in [4.69, 9.17) is 31.5 Å². The summed E-state index contributed by atoms with van der Waals surface area (Å²) in [5.41, 5.74) is 5.61. The predicted molar refractivity (Wildman–Crippen MR) is 125 cm³/mol. The number of rotatable bonds is 9. The Bertz CT molecular complexity index is 831. The number of alkyl carbamates (subject to hydrolysis) is 1. The van der Waals surface area contributed by atoms with E-state index in [1.807, 2.05) is 12.1 Å². The lowest BCUT2D eigenvalue weighted by molar-refractivity contribution is -0.147. The number of halogens is 1. The average Bonchev–Trinajstić information content (AvgIpc) is 2.69. The zero-order chi connectivity index (χ0) is 24.6. The third kappa shape index (κ3) is 9.50. The fraction of sp³-hybridized carbons (Fsp3) is 0.625. The summed E-state index contributed by atoms with van der Waals surface area (Å²) in [6.45, 7) is 6.85. The van der Waals surface area contributed by atoms with Crippen LogP contribution in [0.25, 0.3) is 0 Å². The predicted octanol–water partition coefficient (Wildman–Crippen LogP) is 4.47. The molecule has 8 nitrogen and oxygen atoms in total. The highest BCUT2D eigenvalue weighted by Crippen LogP contribution is 2.40. The van der Waals surface area contributed by atoms with E-state index >= 15 is 0 Å². The minimum atomic E-state index is -0.648. The van der Waals surface area contributed by atoms with Crippen molar-refractivity contribution >= 4 is 29.6 Å². The van der Waals surface area contributed by atoms with E-state index in [9.17, 15) is 14.4 Å². The van der Waals surface area contributed by atoms with Crippen molar-refractivity contribution in [2.45, 2.75) is 89.9 Å². The Labute approximate surface area is 200 Å². The highest BCUT2D eigenvalue weighted by molar-refractivity contribution is 6.32. The number of hydrogen-bond acceptors (Lipinski definition) is 6. The molecule has 1 aromatic carbocycles. The van der Waals surface area contributed by atoms with Crippen molar-refractivity contribution in [3.8, 4) is 5.75 Å². The third-order valence-corrected chi connectivity index (χ3v) is 5.74. The Hall–Kier alpha value is -2.48. The van der Waals surface area contributed by atoms with Crippen molar-refractivity contribution in [3.63, 3.8) is 0 Å². The van der Waals surface area contributed by atoms with Crippen LogP contribution in [0.3, 0.4) is 0 Å². The summed E-state index contributed by atoms with van der Waals surface area (Å²) in [6.07, 6.45) is 3.09. The number of carbonyl (C=O) groups is 3. The maximum Gasteiger partial charge on any atom is 0.407 e. The third-order valence-electron chi connectivity index (χ3n) is 5.34. The van der Waals surface area contributed by atoms with Crippen LogP contribution in [0, 0.1) is 0 Å². The molecule has 184 valence electrons. The van der Waals surface area contributed by atoms with Crippen LogP contribution in [0.2, 0.25) is 5.02 Å². The van der Waals surface area contributed by atoms with Gasteiger partial charge in [-0.25, -0.2) is 4.79 Å². The van der Waals surface area contributed by atoms with Gasteiger partial charge in [0.2, 0.25) is 5.91 Å². The molecule has 1 aromatic rings. The minimum Gasteiger partial charge on any atom is -0.490 e. The van der Waals surface area contributed by atoms with E-state index in [2.05, 4.69) is 5.32 Å². The van der Waals surface area contributed by atoms with Crippen molar-refractivity contribution in [1.82, 2.24) is 5.32 Å². The Morgan fingerprint density at radius 2 is 1.85 bits per heavy atom. The summed E-state index contributed by atoms with van der Waals surface area (Å²) in [6, 6.07) is 5.16. The second kappa shape index (κ2) is 12.1. The topological polar surface area (TPSA) is 117 Å². The fourth-order valence-corrected chi connectivity index (χ4v) is 4.19. The van der Waals surface area contributed by atoms with Crippen LogP contribution >= 0.6 is 11.6 Å². The molecule has 0 aromatic heterocycles. The number of carbonyl (C=O) groups excluding carboxylic acids is 3. The van der Waals surface area contributed by atoms with E-state index in [1.54, 1.807) is 26.8 Å². The van der Waals surface area contributed by atoms with Crippen molar-refractivity contribution in [2.75, 3.05) is 6.61 Å². The first-order chi connectivity index (χ1) is 15.4. The van der Waals surface area contributed by atoms with Gasteiger partial charge in [0.1, 0.15) is 24.1 Å². The molecule has 2 amide bonds. The van der Waals surface area contributed by atoms with Crippen molar-refractivity contribution < 1.29 is 28.6 Å². The molecule has 1 atom stereocenters. The van der Waals surface area contributed by atoms with E-state index in [0.29, 0.717) is 17.2 Å². The van der Waals surface area contributed by atoms with Crippen molar-refractivity contribution in [2.24, 2.45) is 5.73 Å². The van der Waals surface area contributed by atoms with Gasteiger partial charge in [-0.2, -0.15) is 0 Å². The van der Waals surface area contributed by atoms with Gasteiger partial charge in [0.05, 0.1) is 11.1 Å². The highest BCUT2D eigenvalue weighted by Gasteiger charge is 2.27. The quantitative estimate of drug-likeness (QED) is 0.501. The van der Waals surface area contributed by atoms with Gasteiger partial charge < -0.3 is 25.3 Å². The van der Waals surface area contributed by atoms with E-state index < -0.39 is 23.6 Å². The number of nitrogens with two attached hydrogens (primary N) is 1. The Morgan fingerprint density at radius 1 is 1.18 bits per heavy atom. The van der Waals surface area contributed by atoms with E-state index in [1.165, 1.54) is 6.92 Å². The molecule has 1 aliphatic rings. The number of nitrogens with one attached hydrogen (secondary N) is 1. The molecule has 2 rings (SSSR count). The molecule has 0 aliphatic heterocycles. The molecule has 3 N–H and O–H groups in total. The van der Waals surface area contributed by atoms with Crippen molar-refractivity contribution in [3.05, 3.63) is 28.8 Å². The zero-order valence-corrected chi connectivity index (χ0v) is 20.6. The lowest BCUT2D eigenvalue weighted by atomic mass is 9.82. The lowest BCUT2D eigenvalue weighted by Gasteiger charge is -2.29. The maximum atomic E-state index is 12.2. The minimum absolute atomic E-state index is 0.0399. The SMILES string of the molecule is CC(=O)OC1CCC(c2cccc(OC[C@H](CCC(N)=O)NC(=O)OC(C)(C)C)c2Cl)CC1. The largest absolute Gasteiger partial charge is 0.490 e. The van der Waals surface area contributed by atoms with Crippen LogP contribution in [0.15, 0.2) is 18.2 Å². The monoisotopic (exact) mass is 482 g/mol. The fourth-order valence-electron chi connectivity index (χ4n) is 3.86. The summed E-state index contributed by atoms with van der Waals surface area (Å²) in [7, 11) is 0. The zero-order valence-electron chi connectivity index (χ0n) is 19.8. The number of esters is 1. The van der Waals surface area contributed by atoms with Crippen LogP contribution in [0.1, 0.15) is 77.7 Å². The first kappa shape index (κ1) is 26.8. The first-order valence-electron chi connectivity index (χ1n) is 11.3. The molecule has 1 saturated carbocycles. The van der Waals surface area contributed by atoms with E-state index in [0.717, 1.165) is 31.2 Å². The molecule has 1 fully saturated rings. The summed E-state index contributed by atoms with van der Waals surface area (Å²) in [4.78, 5) is 34.6. The second-order valence-electron chi connectivity index (χ2n) is 9.40. The molecule has 0 spiro atoms. The normalized spacial score (nSPS) is 19.3. The molecule has 1 aliphatic carbocycles. The van der Waals surface area contributed by atoms with Gasteiger partial charge in [0.25, 0.3) is 0 Å². The molecule has 0 unspecified atom stereocenters. The average molecular weight is 483 g/mol. The van der Waals surface area contributed by atoms with Crippen LogP contribution in [0.5, 0.6) is 5.75 Å². The van der Waals surface area contributed by atoms with Gasteiger partial charge in [-0.1, -0.05) is 23.7 Å². The number of primary amides is 1. The molecule has 0 saturated heterocycles. The van der Waals surface area contributed by atoms with E-state index in [-0.39, 0.29) is 31.0 Å².